The van der Waals surface area contributed by atoms with Crippen LogP contribution in [0.3, 0.4) is 0 Å². The Morgan fingerprint density at radius 3 is 0.559 bits per heavy atom. The minimum atomic E-state index is -3.46. The Morgan fingerprint density at radius 2 is 0.407 bits per heavy atom. The average molecular weight is 794 g/mol. The molecule has 0 radical (unpaired) electrons. The fraction of sp³-hybridized carbons (Fsp3) is 0.0526. The summed E-state index contributed by atoms with van der Waals surface area (Å²) in [5, 5.41) is 3.43. The SMILES string of the molecule is Cc1c(-c2ccccc2)cc([Si](Cl)(c2cc(-c3ccccc3)c(C)c(-c3ccccc3)c2)c2cc(-c3ccccc3)c(C)c(-c3ccccc3)c2)cc1-c1ccccc1. The van der Waals surface area contributed by atoms with Crippen molar-refractivity contribution in [3.63, 3.8) is 0 Å². The highest BCUT2D eigenvalue weighted by atomic mass is 35.6. The third-order valence-electron chi connectivity index (χ3n) is 11.9. The topological polar surface area (TPSA) is 0 Å². The molecule has 0 aliphatic heterocycles. The molecule has 2 heteroatoms. The maximum atomic E-state index is 8.97. The van der Waals surface area contributed by atoms with Crippen LogP contribution in [-0.2, 0) is 0 Å². The molecule has 0 saturated carbocycles. The van der Waals surface area contributed by atoms with E-state index in [0.717, 1.165) is 15.6 Å². The van der Waals surface area contributed by atoms with Crippen LogP contribution in [-0.4, -0.2) is 7.38 Å². The van der Waals surface area contributed by atoms with Gasteiger partial charge >= 0.3 is 0 Å². The van der Waals surface area contributed by atoms with Gasteiger partial charge in [0, 0.05) is 0 Å². The smallest absolute Gasteiger partial charge is 0.149 e. The molecule has 59 heavy (non-hydrogen) atoms. The van der Waals surface area contributed by atoms with E-state index >= 15 is 0 Å². The Balaban J connectivity index is 1.44. The normalized spacial score (nSPS) is 11.4. The molecule has 0 aliphatic rings. The predicted octanol–water partition coefficient (Wildman–Crippen LogP) is 13.8. The number of hydrogen-bond acceptors (Lipinski definition) is 0. The maximum Gasteiger partial charge on any atom is 0.248 e. The second kappa shape index (κ2) is 16.4. The summed E-state index contributed by atoms with van der Waals surface area (Å²) in [5.41, 5.74) is 17.9. The van der Waals surface area contributed by atoms with Crippen LogP contribution in [0.25, 0.3) is 66.8 Å². The zero-order valence-electron chi connectivity index (χ0n) is 33.7. The van der Waals surface area contributed by atoms with Gasteiger partial charge in [-0.25, -0.2) is 0 Å². The van der Waals surface area contributed by atoms with Gasteiger partial charge in [0.05, 0.1) is 0 Å². The van der Waals surface area contributed by atoms with Crippen molar-refractivity contribution in [3.8, 4) is 66.8 Å². The van der Waals surface area contributed by atoms with Crippen LogP contribution in [0.2, 0.25) is 0 Å². The van der Waals surface area contributed by atoms with Crippen LogP contribution in [0.1, 0.15) is 16.7 Å². The molecule has 0 atom stereocenters. The molecule has 0 N–H and O–H groups in total. The second-order valence-electron chi connectivity index (χ2n) is 15.4. The molecule has 0 amide bonds. The van der Waals surface area contributed by atoms with Gasteiger partial charge in [0.2, 0.25) is 7.38 Å². The lowest BCUT2D eigenvalue weighted by molar-refractivity contribution is 1.44. The molecule has 284 valence electrons. The molecule has 0 nitrogen and oxygen atoms in total. The molecule has 0 spiro atoms. The van der Waals surface area contributed by atoms with Gasteiger partial charge in [0.25, 0.3) is 0 Å². The zero-order chi connectivity index (χ0) is 40.3. The summed E-state index contributed by atoms with van der Waals surface area (Å²) in [5.74, 6) is 0. The summed E-state index contributed by atoms with van der Waals surface area (Å²) >= 11 is 8.97. The van der Waals surface area contributed by atoms with Gasteiger partial charge in [-0.15, -0.1) is 11.1 Å². The first-order valence-corrected chi connectivity index (χ1v) is 23.4. The van der Waals surface area contributed by atoms with E-state index in [9.17, 15) is 0 Å². The minimum Gasteiger partial charge on any atom is -0.149 e. The first kappa shape index (κ1) is 38.0. The van der Waals surface area contributed by atoms with Crippen molar-refractivity contribution >= 4 is 34.0 Å². The molecule has 9 aromatic carbocycles. The summed E-state index contributed by atoms with van der Waals surface area (Å²) in [6, 6.07) is 79.2. The van der Waals surface area contributed by atoms with Crippen molar-refractivity contribution in [2.24, 2.45) is 0 Å². The third-order valence-corrected chi connectivity index (χ3v) is 17.1. The quantitative estimate of drug-likeness (QED) is 0.0776. The molecule has 0 heterocycles. The Morgan fingerprint density at radius 1 is 0.254 bits per heavy atom. The van der Waals surface area contributed by atoms with Crippen molar-refractivity contribution in [2.75, 3.05) is 0 Å². The van der Waals surface area contributed by atoms with Crippen molar-refractivity contribution in [2.45, 2.75) is 20.8 Å². The zero-order valence-corrected chi connectivity index (χ0v) is 35.4. The van der Waals surface area contributed by atoms with Crippen LogP contribution in [0.5, 0.6) is 0 Å². The average Bonchev–Trinajstić information content (AvgIpc) is 3.30. The van der Waals surface area contributed by atoms with E-state index in [-0.39, 0.29) is 0 Å². The van der Waals surface area contributed by atoms with Crippen molar-refractivity contribution in [1.29, 1.82) is 0 Å². The first-order chi connectivity index (χ1) is 28.9. The highest BCUT2D eigenvalue weighted by Crippen LogP contribution is 2.37. The van der Waals surface area contributed by atoms with Gasteiger partial charge in [-0.05, 0) is 120 Å². The first-order valence-electron chi connectivity index (χ1n) is 20.4. The summed E-state index contributed by atoms with van der Waals surface area (Å²) in [6.45, 7) is 6.77. The Hall–Kier alpha value is -6.51. The fourth-order valence-corrected chi connectivity index (χ4v) is 12.8. The summed E-state index contributed by atoms with van der Waals surface area (Å²) in [6.07, 6.45) is 0. The molecule has 0 aromatic heterocycles. The summed E-state index contributed by atoms with van der Waals surface area (Å²) in [7, 11) is -3.46. The van der Waals surface area contributed by atoms with Gasteiger partial charge in [-0.2, -0.15) is 0 Å². The van der Waals surface area contributed by atoms with Gasteiger partial charge in [-0.1, -0.05) is 218 Å². The lowest BCUT2D eigenvalue weighted by atomic mass is 9.92. The van der Waals surface area contributed by atoms with E-state index in [1.807, 2.05) is 0 Å². The van der Waals surface area contributed by atoms with Gasteiger partial charge in [0.1, 0.15) is 0 Å². The molecule has 0 bridgehead atoms. The van der Waals surface area contributed by atoms with Crippen LogP contribution in [0, 0.1) is 20.8 Å². The van der Waals surface area contributed by atoms with E-state index in [0.29, 0.717) is 0 Å². The van der Waals surface area contributed by atoms with Crippen LogP contribution < -0.4 is 15.6 Å². The van der Waals surface area contributed by atoms with E-state index in [2.05, 4.69) is 239 Å². The monoisotopic (exact) mass is 792 g/mol. The van der Waals surface area contributed by atoms with Crippen molar-refractivity contribution in [3.05, 3.63) is 235 Å². The molecular weight excluding hydrogens is 748 g/mol. The largest absolute Gasteiger partial charge is 0.248 e. The van der Waals surface area contributed by atoms with E-state index in [1.54, 1.807) is 0 Å². The van der Waals surface area contributed by atoms with E-state index < -0.39 is 7.38 Å². The van der Waals surface area contributed by atoms with E-state index in [1.165, 1.54) is 83.5 Å². The van der Waals surface area contributed by atoms with Crippen LogP contribution in [0.4, 0.5) is 0 Å². The highest BCUT2D eigenvalue weighted by Gasteiger charge is 2.41. The molecule has 9 rings (SSSR count). The van der Waals surface area contributed by atoms with Gasteiger partial charge < -0.3 is 0 Å². The molecule has 9 aromatic rings. The number of rotatable bonds is 9. The standard InChI is InChI=1S/C57H45ClSi/c1-40-52(43-22-10-4-11-23-43)34-49(35-53(40)44-24-12-5-13-25-44)59(58,50-36-54(45-26-14-6-15-27-45)41(2)55(37-50)46-28-16-7-17-29-46)51-38-56(47-30-18-8-19-31-47)42(3)57(39-51)48-32-20-9-21-33-48/h4-39H,1-3H3. The second-order valence-corrected chi connectivity index (χ2v) is 20.2. The Labute approximate surface area is 354 Å². The number of benzene rings is 9. The Bertz CT molecular complexity index is 2370. The highest BCUT2D eigenvalue weighted by molar-refractivity contribution is 7.40. The molecule has 0 aliphatic carbocycles. The lowest BCUT2D eigenvalue weighted by Crippen LogP contribution is -2.63. The lowest BCUT2D eigenvalue weighted by Gasteiger charge is -2.31. The van der Waals surface area contributed by atoms with Crippen LogP contribution in [0.15, 0.2) is 218 Å². The minimum absolute atomic E-state index is 1.14. The van der Waals surface area contributed by atoms with Crippen molar-refractivity contribution < 1.29 is 0 Å². The third kappa shape index (κ3) is 7.29. The molecule has 0 fully saturated rings. The molecular formula is C57H45ClSi. The van der Waals surface area contributed by atoms with Crippen LogP contribution >= 0.6 is 11.1 Å². The van der Waals surface area contributed by atoms with Crippen molar-refractivity contribution in [1.82, 2.24) is 0 Å². The predicted molar refractivity (Wildman–Crippen MR) is 257 cm³/mol. The Kier molecular flexibility index (Phi) is 10.6. The van der Waals surface area contributed by atoms with Gasteiger partial charge in [-0.3, -0.25) is 0 Å². The summed E-state index contributed by atoms with van der Waals surface area (Å²) < 4.78 is 0. The maximum absolute atomic E-state index is 8.97. The fourth-order valence-electron chi connectivity index (χ4n) is 8.74. The van der Waals surface area contributed by atoms with Gasteiger partial charge in [0.15, 0.2) is 0 Å². The number of halogens is 1. The molecule has 0 saturated heterocycles. The van der Waals surface area contributed by atoms with E-state index in [4.69, 9.17) is 11.1 Å². The number of hydrogen-bond donors (Lipinski definition) is 0. The molecule has 0 unspecified atom stereocenters. The summed E-state index contributed by atoms with van der Waals surface area (Å²) in [4.78, 5) is 0.